The molecule has 1 aromatic heterocycles. The number of halogens is 2. The van der Waals surface area contributed by atoms with E-state index in [0.29, 0.717) is 23.8 Å². The van der Waals surface area contributed by atoms with Crippen molar-refractivity contribution in [2.45, 2.75) is 20.8 Å². The molecule has 0 atom stereocenters. The molecule has 3 rings (SSSR count). The molecule has 0 radical (unpaired) electrons. The van der Waals surface area contributed by atoms with Gasteiger partial charge in [0.15, 0.2) is 5.13 Å². The van der Waals surface area contributed by atoms with Crippen LogP contribution in [0.1, 0.15) is 31.1 Å². The van der Waals surface area contributed by atoms with Crippen LogP contribution in [0.4, 0.5) is 5.13 Å². The molecule has 0 N–H and O–H groups in total. The number of likely N-dealkylation sites (N-methyl/N-ethyl adjacent to an activating group) is 1. The molecule has 0 aliphatic rings. The third-order valence-corrected chi connectivity index (χ3v) is 6.34. The first-order valence-electron chi connectivity index (χ1n) is 9.89. The highest BCUT2D eigenvalue weighted by Crippen LogP contribution is 2.34. The van der Waals surface area contributed by atoms with Crippen LogP contribution >= 0.6 is 39.7 Å². The third-order valence-electron chi connectivity index (χ3n) is 4.77. The van der Waals surface area contributed by atoms with Crippen molar-refractivity contribution in [2.24, 2.45) is 0 Å². The summed E-state index contributed by atoms with van der Waals surface area (Å²) in [5.74, 6) is 0.717. The van der Waals surface area contributed by atoms with Crippen LogP contribution in [0.15, 0.2) is 46.9 Å². The van der Waals surface area contributed by atoms with E-state index in [2.05, 4.69) is 34.7 Å². The molecule has 0 aliphatic carbocycles. The van der Waals surface area contributed by atoms with Crippen LogP contribution in [-0.2, 0) is 0 Å². The van der Waals surface area contributed by atoms with Crippen molar-refractivity contribution < 1.29 is 9.53 Å². The van der Waals surface area contributed by atoms with Crippen molar-refractivity contribution in [1.29, 1.82) is 0 Å². The van der Waals surface area contributed by atoms with E-state index >= 15 is 0 Å². The Kier molecular flexibility index (Phi) is 9.55. The van der Waals surface area contributed by atoms with Gasteiger partial charge in [-0.1, -0.05) is 47.2 Å². The summed E-state index contributed by atoms with van der Waals surface area (Å²) in [6.45, 7) is 10.1. The molecular weight excluding hydrogens is 486 g/mol. The largest absolute Gasteiger partial charge is 0.492 e. The molecule has 5 nitrogen and oxygen atoms in total. The second-order valence-electron chi connectivity index (χ2n) is 6.52. The number of aromatic nitrogens is 1. The molecule has 0 unspecified atom stereocenters. The minimum absolute atomic E-state index is 0. The van der Waals surface area contributed by atoms with E-state index in [1.807, 2.05) is 49.4 Å². The van der Waals surface area contributed by atoms with Crippen LogP contribution in [-0.4, -0.2) is 48.6 Å². The number of rotatable bonds is 9. The van der Waals surface area contributed by atoms with Crippen LogP contribution < -0.4 is 9.64 Å². The summed E-state index contributed by atoms with van der Waals surface area (Å²) in [4.78, 5) is 22.3. The first kappa shape index (κ1) is 24.6. The van der Waals surface area contributed by atoms with Crippen LogP contribution in [0.3, 0.4) is 0 Å². The molecule has 0 spiro atoms. The number of carbonyl (C=O) groups excluding carboxylic acids is 1. The van der Waals surface area contributed by atoms with Gasteiger partial charge in [-0.3, -0.25) is 9.69 Å². The van der Waals surface area contributed by atoms with Gasteiger partial charge in [0, 0.05) is 23.1 Å². The second kappa shape index (κ2) is 11.6. The topological polar surface area (TPSA) is 45.7 Å². The van der Waals surface area contributed by atoms with Crippen molar-refractivity contribution in [3.63, 3.8) is 0 Å². The van der Waals surface area contributed by atoms with Crippen LogP contribution in [0.5, 0.6) is 5.75 Å². The molecular formula is C22H27BrClN3O2S. The summed E-state index contributed by atoms with van der Waals surface area (Å²) in [6, 6.07) is 13.4. The van der Waals surface area contributed by atoms with Crippen LogP contribution in [0.2, 0.25) is 0 Å². The Balaban J connectivity index is 0.00000320. The number of ether oxygens (including phenoxy) is 1. The molecule has 0 bridgehead atoms. The normalized spacial score (nSPS) is 10.8. The fraction of sp³-hybridized carbons (Fsp3) is 0.364. The summed E-state index contributed by atoms with van der Waals surface area (Å²) in [7, 11) is 0. The van der Waals surface area contributed by atoms with E-state index < -0.39 is 0 Å². The van der Waals surface area contributed by atoms with E-state index in [4.69, 9.17) is 9.72 Å². The summed E-state index contributed by atoms with van der Waals surface area (Å²) in [6.07, 6.45) is 0. The predicted molar refractivity (Wildman–Crippen MR) is 132 cm³/mol. The molecule has 3 aromatic rings. The van der Waals surface area contributed by atoms with Gasteiger partial charge in [-0.2, -0.15) is 0 Å². The van der Waals surface area contributed by atoms with Crippen molar-refractivity contribution in [2.75, 3.05) is 37.7 Å². The number of para-hydroxylation sites is 1. The van der Waals surface area contributed by atoms with Crippen molar-refractivity contribution >= 4 is 60.9 Å². The summed E-state index contributed by atoms with van der Waals surface area (Å²) in [5, 5.41) is 0.701. The van der Waals surface area contributed by atoms with E-state index in [1.165, 1.54) is 11.3 Å². The number of benzene rings is 2. The lowest BCUT2D eigenvalue weighted by Crippen LogP contribution is -2.38. The maximum Gasteiger partial charge on any atom is 0.260 e. The van der Waals surface area contributed by atoms with Gasteiger partial charge in [0.05, 0.1) is 11.3 Å². The van der Waals surface area contributed by atoms with E-state index in [-0.39, 0.29) is 18.3 Å². The molecule has 0 aliphatic heterocycles. The first-order chi connectivity index (χ1) is 14.1. The lowest BCUT2D eigenvalue weighted by molar-refractivity contribution is 0.0983. The standard InChI is InChI=1S/C22H26BrN3O2S.ClH/c1-4-25(5-2)14-15-26(21(27)16-10-12-17(23)13-11-16)22-24-20-18(28-6-3)8-7-9-19(20)29-22;/h7-13H,4-6,14-15H2,1-3H3;1H. The second-order valence-corrected chi connectivity index (χ2v) is 8.45. The summed E-state index contributed by atoms with van der Waals surface area (Å²) < 4.78 is 7.70. The number of nitrogens with zero attached hydrogens (tertiary/aromatic N) is 3. The molecule has 162 valence electrons. The van der Waals surface area contributed by atoms with Gasteiger partial charge in [-0.15, -0.1) is 12.4 Å². The molecule has 0 saturated heterocycles. The minimum Gasteiger partial charge on any atom is -0.492 e. The number of hydrogen-bond donors (Lipinski definition) is 0. The van der Waals surface area contributed by atoms with Crippen LogP contribution in [0.25, 0.3) is 10.2 Å². The quantitative estimate of drug-likeness (QED) is 0.360. The Morgan fingerprint density at radius 1 is 1.07 bits per heavy atom. The Bertz CT molecular complexity index is 961. The highest BCUT2D eigenvalue weighted by Gasteiger charge is 2.22. The molecule has 30 heavy (non-hydrogen) atoms. The number of hydrogen-bond acceptors (Lipinski definition) is 5. The summed E-state index contributed by atoms with van der Waals surface area (Å²) >= 11 is 4.96. The minimum atomic E-state index is -0.0401. The lowest BCUT2D eigenvalue weighted by atomic mass is 10.2. The molecule has 0 saturated carbocycles. The molecule has 8 heteroatoms. The molecule has 2 aromatic carbocycles. The van der Waals surface area contributed by atoms with Gasteiger partial charge in [0.25, 0.3) is 5.91 Å². The Morgan fingerprint density at radius 3 is 2.40 bits per heavy atom. The zero-order chi connectivity index (χ0) is 20.8. The van der Waals surface area contributed by atoms with Gasteiger partial charge in [0.1, 0.15) is 11.3 Å². The Morgan fingerprint density at radius 2 is 1.77 bits per heavy atom. The van der Waals surface area contributed by atoms with Crippen molar-refractivity contribution in [1.82, 2.24) is 9.88 Å². The third kappa shape index (κ3) is 5.72. The average Bonchev–Trinajstić information content (AvgIpc) is 3.16. The van der Waals surface area contributed by atoms with Gasteiger partial charge in [0.2, 0.25) is 0 Å². The number of amides is 1. The SMILES string of the molecule is CCOc1cccc2sc(N(CCN(CC)CC)C(=O)c3ccc(Br)cc3)nc12.Cl. The van der Waals surface area contributed by atoms with E-state index in [0.717, 1.165) is 40.1 Å². The number of carbonyl (C=O) groups is 1. The zero-order valence-corrected chi connectivity index (χ0v) is 20.6. The molecule has 0 fully saturated rings. The smallest absolute Gasteiger partial charge is 0.260 e. The van der Waals surface area contributed by atoms with Crippen molar-refractivity contribution in [3.8, 4) is 5.75 Å². The van der Waals surface area contributed by atoms with Gasteiger partial charge < -0.3 is 9.64 Å². The van der Waals surface area contributed by atoms with Crippen molar-refractivity contribution in [3.05, 3.63) is 52.5 Å². The maximum absolute atomic E-state index is 13.4. The average molecular weight is 513 g/mol. The van der Waals surface area contributed by atoms with E-state index in [1.54, 1.807) is 4.90 Å². The number of thiazole rings is 1. The fourth-order valence-electron chi connectivity index (χ4n) is 3.11. The zero-order valence-electron chi connectivity index (χ0n) is 17.4. The van der Waals surface area contributed by atoms with Gasteiger partial charge in [-0.25, -0.2) is 4.98 Å². The Hall–Kier alpha value is -1.67. The number of fused-ring (bicyclic) bond motifs is 1. The van der Waals surface area contributed by atoms with Gasteiger partial charge in [-0.05, 0) is 56.4 Å². The van der Waals surface area contributed by atoms with E-state index in [9.17, 15) is 4.79 Å². The van der Waals surface area contributed by atoms with Crippen LogP contribution in [0, 0.1) is 0 Å². The fourth-order valence-corrected chi connectivity index (χ4v) is 4.38. The number of anilines is 1. The monoisotopic (exact) mass is 511 g/mol. The lowest BCUT2D eigenvalue weighted by Gasteiger charge is -2.24. The first-order valence-corrected chi connectivity index (χ1v) is 11.5. The molecule has 1 amide bonds. The molecule has 1 heterocycles. The Labute approximate surface area is 196 Å². The predicted octanol–water partition coefficient (Wildman–Crippen LogP) is 5.87. The van der Waals surface area contributed by atoms with Gasteiger partial charge >= 0.3 is 0 Å². The summed E-state index contributed by atoms with van der Waals surface area (Å²) in [5.41, 5.74) is 1.46. The maximum atomic E-state index is 13.4. The highest BCUT2D eigenvalue weighted by atomic mass is 79.9. The highest BCUT2D eigenvalue weighted by molar-refractivity contribution is 9.10.